The van der Waals surface area contributed by atoms with Crippen LogP contribution in [0.4, 0.5) is 17.1 Å². The van der Waals surface area contributed by atoms with Crippen LogP contribution in [0.25, 0.3) is 49.4 Å². The average molecular weight is 695 g/mol. The third-order valence-corrected chi connectivity index (χ3v) is 11.8. The summed E-state index contributed by atoms with van der Waals surface area (Å²) in [5, 5.41) is 4.98. The van der Waals surface area contributed by atoms with Crippen LogP contribution in [-0.2, 0) is 5.41 Å². The van der Waals surface area contributed by atoms with Gasteiger partial charge in [-0.1, -0.05) is 153 Å². The number of hydrogen-bond donors (Lipinski definition) is 0. The summed E-state index contributed by atoms with van der Waals surface area (Å²) in [5.41, 5.74) is 12.3. The second kappa shape index (κ2) is 13.5. The van der Waals surface area contributed by atoms with E-state index >= 15 is 0 Å². The minimum Gasteiger partial charge on any atom is -0.310 e. The fraction of sp³-hybridized carbons (Fsp3) is 0.115. The Hall–Kier alpha value is -6.38. The van der Waals surface area contributed by atoms with Crippen molar-refractivity contribution in [2.75, 3.05) is 4.90 Å². The van der Waals surface area contributed by atoms with Crippen LogP contribution in [0.1, 0.15) is 43.2 Å². The van der Waals surface area contributed by atoms with Gasteiger partial charge in [-0.15, -0.1) is 0 Å². The standard InChI is InChI=1S/C52H42N2/c1-4-18-41(19-5-1)52(34-14-3-15-35-52)42-28-30-44(31-29-42)53(49-24-12-10-22-46(49)40-27-26-38-16-8-9-17-39(38)36-40)45-32-33-51-48(37-45)47-23-11-13-25-50(47)54(51)43-20-6-2-7-21-43/h1-2,4-13,16-33,36-37H,3,14-15,34-35H2. The van der Waals surface area contributed by atoms with E-state index in [1.807, 2.05) is 0 Å². The van der Waals surface area contributed by atoms with E-state index in [1.165, 1.54) is 92.6 Å². The Kier molecular flexibility index (Phi) is 8.10. The Morgan fingerprint density at radius 3 is 1.87 bits per heavy atom. The molecular formula is C52H42N2. The topological polar surface area (TPSA) is 8.17 Å². The molecule has 1 heterocycles. The molecule has 0 N–H and O–H groups in total. The fourth-order valence-corrected chi connectivity index (χ4v) is 9.24. The monoisotopic (exact) mass is 694 g/mol. The number of benzene rings is 8. The maximum atomic E-state index is 2.47. The minimum atomic E-state index is 0.0457. The first-order valence-electron chi connectivity index (χ1n) is 19.4. The lowest BCUT2D eigenvalue weighted by Crippen LogP contribution is -2.30. The number of para-hydroxylation sites is 3. The van der Waals surface area contributed by atoms with Gasteiger partial charge in [-0.25, -0.2) is 0 Å². The third kappa shape index (κ3) is 5.49. The van der Waals surface area contributed by atoms with Crippen molar-refractivity contribution in [2.24, 2.45) is 0 Å². The maximum Gasteiger partial charge on any atom is 0.0542 e. The van der Waals surface area contributed by atoms with Crippen LogP contribution < -0.4 is 4.90 Å². The molecule has 0 saturated heterocycles. The Bertz CT molecular complexity index is 2740. The highest BCUT2D eigenvalue weighted by molar-refractivity contribution is 6.11. The zero-order chi connectivity index (χ0) is 35.9. The first-order chi connectivity index (χ1) is 26.8. The molecule has 0 spiro atoms. The molecule has 0 amide bonds. The Balaban J connectivity index is 1.17. The van der Waals surface area contributed by atoms with Crippen LogP contribution in [0.5, 0.6) is 0 Å². The zero-order valence-electron chi connectivity index (χ0n) is 30.4. The van der Waals surface area contributed by atoms with E-state index in [4.69, 9.17) is 0 Å². The summed E-state index contributed by atoms with van der Waals surface area (Å²) < 4.78 is 2.39. The van der Waals surface area contributed by atoms with Crippen molar-refractivity contribution in [3.63, 3.8) is 0 Å². The molecular weight excluding hydrogens is 653 g/mol. The van der Waals surface area contributed by atoms with Crippen LogP contribution in [0.3, 0.4) is 0 Å². The van der Waals surface area contributed by atoms with Crippen molar-refractivity contribution in [1.82, 2.24) is 4.57 Å². The Labute approximate surface area is 317 Å². The van der Waals surface area contributed by atoms with E-state index in [1.54, 1.807) is 0 Å². The molecule has 54 heavy (non-hydrogen) atoms. The van der Waals surface area contributed by atoms with Crippen molar-refractivity contribution < 1.29 is 0 Å². The molecule has 0 aliphatic heterocycles. The first kappa shape index (κ1) is 32.3. The quantitative estimate of drug-likeness (QED) is 0.161. The van der Waals surface area contributed by atoms with E-state index in [0.29, 0.717) is 0 Å². The van der Waals surface area contributed by atoms with E-state index < -0.39 is 0 Å². The van der Waals surface area contributed by atoms with E-state index in [2.05, 4.69) is 204 Å². The van der Waals surface area contributed by atoms with Gasteiger partial charge in [0.1, 0.15) is 0 Å². The van der Waals surface area contributed by atoms with Crippen molar-refractivity contribution in [1.29, 1.82) is 0 Å². The van der Waals surface area contributed by atoms with Crippen LogP contribution in [-0.4, -0.2) is 4.57 Å². The normalized spacial score (nSPS) is 14.1. The average Bonchev–Trinajstić information content (AvgIpc) is 3.59. The lowest BCUT2D eigenvalue weighted by Gasteiger charge is -2.39. The second-order valence-electron chi connectivity index (χ2n) is 14.9. The molecule has 0 bridgehead atoms. The van der Waals surface area contributed by atoms with Crippen molar-refractivity contribution in [3.8, 4) is 16.8 Å². The highest BCUT2D eigenvalue weighted by Crippen LogP contribution is 2.47. The van der Waals surface area contributed by atoms with E-state index in [0.717, 1.165) is 17.1 Å². The molecule has 1 fully saturated rings. The van der Waals surface area contributed by atoms with E-state index in [-0.39, 0.29) is 5.41 Å². The molecule has 8 aromatic carbocycles. The van der Waals surface area contributed by atoms with Gasteiger partial charge in [0.2, 0.25) is 0 Å². The molecule has 0 radical (unpaired) electrons. The summed E-state index contributed by atoms with van der Waals surface area (Å²) >= 11 is 0. The van der Waals surface area contributed by atoms with E-state index in [9.17, 15) is 0 Å². The lowest BCUT2D eigenvalue weighted by atomic mass is 9.65. The summed E-state index contributed by atoms with van der Waals surface area (Å²) in [6.07, 6.45) is 6.21. The van der Waals surface area contributed by atoms with Crippen LogP contribution >= 0.6 is 0 Å². The molecule has 0 atom stereocenters. The summed E-state index contributed by atoms with van der Waals surface area (Å²) in [5.74, 6) is 0. The number of nitrogens with zero attached hydrogens (tertiary/aromatic N) is 2. The third-order valence-electron chi connectivity index (χ3n) is 11.8. The number of hydrogen-bond acceptors (Lipinski definition) is 1. The predicted octanol–water partition coefficient (Wildman–Crippen LogP) is 14.3. The highest BCUT2D eigenvalue weighted by atomic mass is 15.1. The summed E-state index contributed by atoms with van der Waals surface area (Å²) in [7, 11) is 0. The van der Waals surface area contributed by atoms with Gasteiger partial charge in [-0.2, -0.15) is 0 Å². The van der Waals surface area contributed by atoms with Gasteiger partial charge in [-0.3, -0.25) is 0 Å². The Morgan fingerprint density at radius 1 is 0.426 bits per heavy atom. The van der Waals surface area contributed by atoms with Crippen molar-refractivity contribution in [3.05, 3.63) is 205 Å². The largest absolute Gasteiger partial charge is 0.310 e. The molecule has 9 aromatic rings. The smallest absolute Gasteiger partial charge is 0.0542 e. The van der Waals surface area contributed by atoms with Gasteiger partial charge in [-0.05, 0) is 101 Å². The number of aromatic nitrogens is 1. The molecule has 2 heteroatoms. The predicted molar refractivity (Wildman–Crippen MR) is 229 cm³/mol. The highest BCUT2D eigenvalue weighted by Gasteiger charge is 2.35. The number of rotatable bonds is 7. The Morgan fingerprint density at radius 2 is 1.06 bits per heavy atom. The molecule has 1 aliphatic carbocycles. The van der Waals surface area contributed by atoms with Crippen molar-refractivity contribution >= 4 is 49.6 Å². The molecule has 1 saturated carbocycles. The van der Waals surface area contributed by atoms with Gasteiger partial charge in [0.25, 0.3) is 0 Å². The SMILES string of the molecule is c1ccc(-n2c3ccccc3c3cc(N(c4ccc(C5(c6ccccc6)CCCCC5)cc4)c4ccccc4-c4ccc5ccccc5c4)ccc32)cc1. The van der Waals surface area contributed by atoms with Crippen LogP contribution in [0.2, 0.25) is 0 Å². The first-order valence-corrected chi connectivity index (χ1v) is 19.4. The molecule has 1 aromatic heterocycles. The number of fused-ring (bicyclic) bond motifs is 4. The molecule has 260 valence electrons. The van der Waals surface area contributed by atoms with Gasteiger partial charge in [0.05, 0.1) is 16.7 Å². The van der Waals surface area contributed by atoms with Crippen LogP contribution in [0.15, 0.2) is 194 Å². The zero-order valence-corrected chi connectivity index (χ0v) is 30.4. The molecule has 2 nitrogen and oxygen atoms in total. The minimum absolute atomic E-state index is 0.0457. The second-order valence-corrected chi connectivity index (χ2v) is 14.9. The lowest BCUT2D eigenvalue weighted by molar-refractivity contribution is 0.346. The summed E-state index contributed by atoms with van der Waals surface area (Å²) in [6, 6.07) is 71.7. The van der Waals surface area contributed by atoms with Gasteiger partial charge in [0.15, 0.2) is 0 Å². The molecule has 10 rings (SSSR count). The van der Waals surface area contributed by atoms with Gasteiger partial charge in [0, 0.05) is 38.8 Å². The van der Waals surface area contributed by atoms with Gasteiger partial charge < -0.3 is 9.47 Å². The van der Waals surface area contributed by atoms with Gasteiger partial charge >= 0.3 is 0 Å². The fourth-order valence-electron chi connectivity index (χ4n) is 9.24. The number of anilines is 3. The summed E-state index contributed by atoms with van der Waals surface area (Å²) in [6.45, 7) is 0. The van der Waals surface area contributed by atoms with Crippen molar-refractivity contribution in [2.45, 2.75) is 37.5 Å². The maximum absolute atomic E-state index is 2.47. The van der Waals surface area contributed by atoms with Crippen LogP contribution in [0, 0.1) is 0 Å². The molecule has 0 unspecified atom stereocenters. The molecule has 1 aliphatic rings. The summed E-state index contributed by atoms with van der Waals surface area (Å²) in [4.78, 5) is 2.47.